The average Bonchev–Trinajstić information content (AvgIpc) is 2.96. The van der Waals surface area contributed by atoms with E-state index in [2.05, 4.69) is 10.5 Å². The van der Waals surface area contributed by atoms with Crippen molar-refractivity contribution in [1.82, 2.24) is 5.43 Å². The van der Waals surface area contributed by atoms with E-state index in [-0.39, 0.29) is 4.90 Å². The van der Waals surface area contributed by atoms with Crippen LogP contribution >= 0.6 is 11.6 Å². The van der Waals surface area contributed by atoms with Gasteiger partial charge in [0.15, 0.2) is 0 Å². The maximum atomic E-state index is 13.6. The summed E-state index contributed by atoms with van der Waals surface area (Å²) < 4.78 is 34.2. The summed E-state index contributed by atoms with van der Waals surface area (Å²) in [5.41, 5.74) is 6.35. The number of amides is 1. The molecule has 7 nitrogen and oxygen atoms in total. The van der Waals surface area contributed by atoms with E-state index in [0.717, 1.165) is 26.6 Å². The number of nitrogens with zero attached hydrogens (tertiary/aromatic N) is 2. The van der Waals surface area contributed by atoms with Crippen molar-refractivity contribution < 1.29 is 17.9 Å². The summed E-state index contributed by atoms with van der Waals surface area (Å²) in [5, 5.41) is 4.68. The molecule has 0 saturated carbocycles. The van der Waals surface area contributed by atoms with Gasteiger partial charge in [0.1, 0.15) is 18.9 Å². The minimum absolute atomic E-state index is 0.109. The second-order valence-corrected chi connectivity index (χ2v) is 11.4. The number of anilines is 1. The second kappa shape index (κ2) is 13.3. The lowest BCUT2D eigenvalue weighted by molar-refractivity contribution is -0.119. The number of para-hydroxylation sites is 1. The van der Waals surface area contributed by atoms with Crippen molar-refractivity contribution in [2.24, 2.45) is 5.10 Å². The van der Waals surface area contributed by atoms with Gasteiger partial charge in [-0.2, -0.15) is 5.10 Å². The van der Waals surface area contributed by atoms with Crippen molar-refractivity contribution in [1.29, 1.82) is 0 Å². The summed E-state index contributed by atoms with van der Waals surface area (Å²) >= 11 is 6.01. The number of hydrogen-bond acceptors (Lipinski definition) is 5. The third-order valence-corrected chi connectivity index (χ3v) is 8.12. The van der Waals surface area contributed by atoms with Gasteiger partial charge in [0.25, 0.3) is 15.9 Å². The average molecular weight is 576 g/mol. The van der Waals surface area contributed by atoms with Crippen LogP contribution < -0.4 is 14.5 Å². The van der Waals surface area contributed by atoms with Crippen LogP contribution in [0.15, 0.2) is 107 Å². The Morgan fingerprint density at radius 1 is 0.975 bits per heavy atom. The molecule has 0 radical (unpaired) electrons. The normalized spacial score (nSPS) is 11.4. The molecule has 0 atom stereocenters. The maximum Gasteiger partial charge on any atom is 0.264 e. The molecule has 4 aromatic carbocycles. The van der Waals surface area contributed by atoms with Gasteiger partial charge >= 0.3 is 0 Å². The molecule has 0 aromatic heterocycles. The van der Waals surface area contributed by atoms with E-state index in [4.69, 9.17) is 16.3 Å². The summed E-state index contributed by atoms with van der Waals surface area (Å²) in [6.07, 6.45) is 2.09. The summed E-state index contributed by atoms with van der Waals surface area (Å²) in [4.78, 5) is 13.0. The molecule has 0 aliphatic rings. The Hall–Kier alpha value is -4.14. The number of hydrazone groups is 1. The van der Waals surface area contributed by atoms with Gasteiger partial charge in [-0.3, -0.25) is 9.10 Å². The van der Waals surface area contributed by atoms with Crippen molar-refractivity contribution in [2.45, 2.75) is 31.8 Å². The molecule has 4 rings (SSSR count). The third kappa shape index (κ3) is 7.49. The molecular weight excluding hydrogens is 546 g/mol. The SMILES string of the molecule is CCc1ccccc1N(CC(=O)N/N=C\c1ccc(OCc2cccc(Cl)c2)cc1)S(=O)(=O)c1ccc(C)cc1. The second-order valence-electron chi connectivity index (χ2n) is 9.09. The Balaban J connectivity index is 1.43. The summed E-state index contributed by atoms with van der Waals surface area (Å²) in [7, 11) is -4.01. The number of rotatable bonds is 11. The van der Waals surface area contributed by atoms with Crippen molar-refractivity contribution in [3.8, 4) is 5.75 Å². The Labute approximate surface area is 240 Å². The largest absolute Gasteiger partial charge is 0.489 e. The van der Waals surface area contributed by atoms with Crippen LogP contribution in [-0.4, -0.2) is 27.1 Å². The standard InChI is InChI=1S/C31H30ClN3O4S/c1-3-26-8-4-5-10-30(26)35(40(37,38)29-17-11-23(2)12-18-29)21-31(36)34-33-20-24-13-15-28(16-14-24)39-22-25-7-6-9-27(32)19-25/h4-20H,3,21-22H2,1-2H3,(H,34,36)/b33-20-. The van der Waals surface area contributed by atoms with E-state index < -0.39 is 22.5 Å². The Morgan fingerprint density at radius 3 is 2.40 bits per heavy atom. The summed E-state index contributed by atoms with van der Waals surface area (Å²) in [6.45, 7) is 3.77. The molecule has 0 aliphatic carbocycles. The lowest BCUT2D eigenvalue weighted by Crippen LogP contribution is -2.40. The van der Waals surface area contributed by atoms with Gasteiger partial charge in [0.05, 0.1) is 16.8 Å². The van der Waals surface area contributed by atoms with Gasteiger partial charge in [-0.05, 0) is 84.6 Å². The highest BCUT2D eigenvalue weighted by Crippen LogP contribution is 2.27. The highest BCUT2D eigenvalue weighted by Gasteiger charge is 2.28. The number of carbonyl (C=O) groups excluding carboxylic acids is 1. The van der Waals surface area contributed by atoms with Gasteiger partial charge in [0, 0.05) is 5.02 Å². The number of benzene rings is 4. The molecule has 4 aromatic rings. The molecule has 1 amide bonds. The highest BCUT2D eigenvalue weighted by molar-refractivity contribution is 7.92. The number of carbonyl (C=O) groups is 1. The fourth-order valence-electron chi connectivity index (χ4n) is 3.98. The maximum absolute atomic E-state index is 13.6. The van der Waals surface area contributed by atoms with Crippen LogP contribution in [0.25, 0.3) is 0 Å². The molecule has 0 saturated heterocycles. The smallest absolute Gasteiger partial charge is 0.264 e. The van der Waals surface area contributed by atoms with Crippen LogP contribution in [0, 0.1) is 6.92 Å². The zero-order valence-corrected chi connectivity index (χ0v) is 23.8. The topological polar surface area (TPSA) is 88.1 Å². The van der Waals surface area contributed by atoms with Crippen molar-refractivity contribution in [2.75, 3.05) is 10.8 Å². The molecule has 40 heavy (non-hydrogen) atoms. The fourth-order valence-corrected chi connectivity index (χ4v) is 5.65. The van der Waals surface area contributed by atoms with E-state index in [9.17, 15) is 13.2 Å². The first-order chi connectivity index (χ1) is 19.3. The van der Waals surface area contributed by atoms with E-state index in [1.54, 1.807) is 60.7 Å². The Morgan fingerprint density at radius 2 is 1.70 bits per heavy atom. The van der Waals surface area contributed by atoms with Crippen molar-refractivity contribution >= 4 is 39.4 Å². The lowest BCUT2D eigenvalue weighted by Gasteiger charge is -2.25. The Kier molecular flexibility index (Phi) is 9.58. The van der Waals surface area contributed by atoms with Crippen LogP contribution in [0.4, 0.5) is 5.69 Å². The minimum Gasteiger partial charge on any atom is -0.489 e. The molecule has 1 N–H and O–H groups in total. The quantitative estimate of drug-likeness (QED) is 0.172. The molecule has 0 bridgehead atoms. The molecule has 0 spiro atoms. The molecule has 0 fully saturated rings. The summed E-state index contributed by atoms with van der Waals surface area (Å²) in [6, 6.07) is 28.4. The van der Waals surface area contributed by atoms with Crippen LogP contribution in [0.3, 0.4) is 0 Å². The van der Waals surface area contributed by atoms with Gasteiger partial charge in [-0.15, -0.1) is 0 Å². The monoisotopic (exact) mass is 575 g/mol. The first-order valence-corrected chi connectivity index (χ1v) is 14.5. The van der Waals surface area contributed by atoms with Gasteiger partial charge in [-0.1, -0.05) is 66.6 Å². The number of aryl methyl sites for hydroxylation is 2. The first-order valence-electron chi connectivity index (χ1n) is 12.7. The van der Waals surface area contributed by atoms with E-state index in [1.165, 1.54) is 6.21 Å². The van der Waals surface area contributed by atoms with Crippen LogP contribution in [0.2, 0.25) is 5.02 Å². The highest BCUT2D eigenvalue weighted by atomic mass is 35.5. The van der Waals surface area contributed by atoms with Crippen LogP contribution in [-0.2, 0) is 27.8 Å². The molecule has 0 heterocycles. The number of nitrogens with one attached hydrogen (secondary N) is 1. The zero-order valence-electron chi connectivity index (χ0n) is 22.2. The van der Waals surface area contributed by atoms with Crippen molar-refractivity contribution in [3.05, 3.63) is 124 Å². The predicted molar refractivity (Wildman–Crippen MR) is 159 cm³/mol. The predicted octanol–water partition coefficient (Wildman–Crippen LogP) is 6.14. The Bertz CT molecular complexity index is 1590. The van der Waals surface area contributed by atoms with Crippen molar-refractivity contribution in [3.63, 3.8) is 0 Å². The molecular formula is C31H30ClN3O4S. The number of hydrogen-bond donors (Lipinski definition) is 1. The summed E-state index contributed by atoms with van der Waals surface area (Å²) in [5.74, 6) is 0.104. The third-order valence-electron chi connectivity index (χ3n) is 6.11. The van der Waals surface area contributed by atoms with Gasteiger partial charge < -0.3 is 4.74 Å². The number of sulfonamides is 1. The zero-order chi connectivity index (χ0) is 28.5. The van der Waals surface area contributed by atoms with E-state index >= 15 is 0 Å². The van der Waals surface area contributed by atoms with E-state index in [1.807, 2.05) is 50.2 Å². The number of ether oxygens (including phenoxy) is 1. The molecule has 0 unspecified atom stereocenters. The van der Waals surface area contributed by atoms with Crippen LogP contribution in [0.5, 0.6) is 5.75 Å². The van der Waals surface area contributed by atoms with Gasteiger partial charge in [0.2, 0.25) is 0 Å². The molecule has 9 heteroatoms. The van der Waals surface area contributed by atoms with Crippen LogP contribution in [0.1, 0.15) is 29.2 Å². The fraction of sp³-hybridized carbons (Fsp3) is 0.161. The van der Waals surface area contributed by atoms with E-state index in [0.29, 0.717) is 29.5 Å². The van der Waals surface area contributed by atoms with Gasteiger partial charge in [-0.25, -0.2) is 13.8 Å². The molecule has 0 aliphatic heterocycles. The molecule has 206 valence electrons. The minimum atomic E-state index is -4.01. The lowest BCUT2D eigenvalue weighted by atomic mass is 10.1. The number of halogens is 1. The first kappa shape index (κ1) is 28.9.